The molecule has 0 radical (unpaired) electrons. The number of nitrogens with one attached hydrogen (secondary N) is 2. The zero-order valence-corrected chi connectivity index (χ0v) is 20.8. The molecule has 2 rings (SSSR count). The van der Waals surface area contributed by atoms with Crippen LogP contribution in [0.15, 0.2) is 53.4 Å². The van der Waals surface area contributed by atoms with Crippen LogP contribution in [-0.4, -0.2) is 57.2 Å². The SMILES string of the molecule is CCCN(CCC)S(=O)(=O)c1ccc(NC(=S)NC(=O)c2ccccc2OCCOC)cc1. The van der Waals surface area contributed by atoms with Gasteiger partial charge in [0.25, 0.3) is 5.91 Å². The van der Waals surface area contributed by atoms with Crippen LogP contribution in [0.1, 0.15) is 37.0 Å². The van der Waals surface area contributed by atoms with Crippen LogP contribution in [0.3, 0.4) is 0 Å². The number of methoxy groups -OCH3 is 1. The maximum atomic E-state index is 12.9. The Labute approximate surface area is 201 Å². The lowest BCUT2D eigenvalue weighted by Gasteiger charge is -2.21. The summed E-state index contributed by atoms with van der Waals surface area (Å²) < 4.78 is 37.8. The van der Waals surface area contributed by atoms with Crippen molar-refractivity contribution in [2.45, 2.75) is 31.6 Å². The van der Waals surface area contributed by atoms with Gasteiger partial charge in [-0.1, -0.05) is 26.0 Å². The van der Waals surface area contributed by atoms with Crippen LogP contribution in [0.4, 0.5) is 5.69 Å². The first-order chi connectivity index (χ1) is 15.8. The summed E-state index contributed by atoms with van der Waals surface area (Å²) in [6, 6.07) is 13.1. The van der Waals surface area contributed by atoms with Crippen LogP contribution in [-0.2, 0) is 14.8 Å². The predicted molar refractivity (Wildman–Crippen MR) is 133 cm³/mol. The molecule has 0 spiro atoms. The topological polar surface area (TPSA) is 97.0 Å². The maximum absolute atomic E-state index is 12.9. The summed E-state index contributed by atoms with van der Waals surface area (Å²) in [5, 5.41) is 5.60. The minimum Gasteiger partial charge on any atom is -0.490 e. The van der Waals surface area contributed by atoms with Gasteiger partial charge >= 0.3 is 0 Å². The van der Waals surface area contributed by atoms with Gasteiger partial charge in [0.1, 0.15) is 12.4 Å². The quantitative estimate of drug-likeness (QED) is 0.344. The lowest BCUT2D eigenvalue weighted by Crippen LogP contribution is -2.34. The summed E-state index contributed by atoms with van der Waals surface area (Å²) in [4.78, 5) is 12.9. The molecule has 33 heavy (non-hydrogen) atoms. The smallest absolute Gasteiger partial charge is 0.261 e. The van der Waals surface area contributed by atoms with E-state index < -0.39 is 15.9 Å². The van der Waals surface area contributed by atoms with Crippen molar-refractivity contribution in [3.63, 3.8) is 0 Å². The van der Waals surface area contributed by atoms with Crippen molar-refractivity contribution >= 4 is 38.9 Å². The number of amides is 1. The Kier molecular flexibility index (Phi) is 10.7. The van der Waals surface area contributed by atoms with E-state index in [0.717, 1.165) is 12.8 Å². The average Bonchev–Trinajstić information content (AvgIpc) is 2.79. The Morgan fingerprint density at radius 1 is 1.00 bits per heavy atom. The minimum atomic E-state index is -3.56. The molecule has 0 aliphatic carbocycles. The molecule has 0 unspecified atom stereocenters. The molecule has 2 aromatic carbocycles. The molecule has 10 heteroatoms. The van der Waals surface area contributed by atoms with E-state index in [1.54, 1.807) is 43.5 Å². The third-order valence-corrected chi connectivity index (χ3v) is 6.72. The standard InChI is InChI=1S/C23H31N3O5S2/c1-4-14-26(15-5-2)33(28,29)19-12-10-18(11-13-19)24-23(32)25-22(27)20-8-6-7-9-21(20)31-17-16-30-3/h6-13H,4-5,14-17H2,1-3H3,(H2,24,25,27,32). The van der Waals surface area contributed by atoms with Gasteiger partial charge in [0.2, 0.25) is 10.0 Å². The number of ether oxygens (including phenoxy) is 2. The Balaban J connectivity index is 2.03. The number of para-hydroxylation sites is 1. The number of hydrogen-bond donors (Lipinski definition) is 2. The zero-order valence-electron chi connectivity index (χ0n) is 19.2. The molecule has 0 aliphatic rings. The van der Waals surface area contributed by atoms with Crippen LogP contribution < -0.4 is 15.4 Å². The third-order valence-electron chi connectivity index (χ3n) is 4.60. The zero-order chi connectivity index (χ0) is 24.3. The highest BCUT2D eigenvalue weighted by Crippen LogP contribution is 2.20. The van der Waals surface area contributed by atoms with Crippen molar-refractivity contribution in [1.29, 1.82) is 0 Å². The second-order valence-electron chi connectivity index (χ2n) is 7.17. The van der Waals surface area contributed by atoms with Gasteiger partial charge in [0.15, 0.2) is 5.11 Å². The first-order valence-electron chi connectivity index (χ1n) is 10.8. The molecule has 1 amide bonds. The number of carbonyl (C=O) groups is 1. The van der Waals surface area contributed by atoms with Gasteiger partial charge in [0, 0.05) is 25.9 Å². The lowest BCUT2D eigenvalue weighted by molar-refractivity contribution is 0.0970. The minimum absolute atomic E-state index is 0.0842. The molecule has 0 fully saturated rings. The van der Waals surface area contributed by atoms with E-state index in [0.29, 0.717) is 43.3 Å². The molecule has 2 aromatic rings. The summed E-state index contributed by atoms with van der Waals surface area (Å²) in [6.45, 7) is 5.56. The van der Waals surface area contributed by atoms with E-state index in [1.165, 1.54) is 16.4 Å². The van der Waals surface area contributed by atoms with Gasteiger partial charge in [-0.3, -0.25) is 10.1 Å². The fourth-order valence-corrected chi connectivity index (χ4v) is 4.89. The largest absolute Gasteiger partial charge is 0.490 e. The maximum Gasteiger partial charge on any atom is 0.261 e. The highest BCUT2D eigenvalue weighted by atomic mass is 32.2. The highest BCUT2D eigenvalue weighted by molar-refractivity contribution is 7.89. The van der Waals surface area contributed by atoms with E-state index >= 15 is 0 Å². The second kappa shape index (κ2) is 13.2. The van der Waals surface area contributed by atoms with Gasteiger partial charge < -0.3 is 14.8 Å². The van der Waals surface area contributed by atoms with Gasteiger partial charge in [-0.2, -0.15) is 4.31 Å². The molecular weight excluding hydrogens is 462 g/mol. The Morgan fingerprint density at radius 2 is 1.64 bits per heavy atom. The summed E-state index contributed by atoms with van der Waals surface area (Å²) in [7, 11) is -1.99. The molecule has 180 valence electrons. The van der Waals surface area contributed by atoms with Gasteiger partial charge in [-0.25, -0.2) is 8.42 Å². The van der Waals surface area contributed by atoms with Gasteiger partial charge in [-0.05, 0) is 61.5 Å². The van der Waals surface area contributed by atoms with Gasteiger partial charge in [-0.15, -0.1) is 0 Å². The van der Waals surface area contributed by atoms with Crippen LogP contribution >= 0.6 is 12.2 Å². The Morgan fingerprint density at radius 3 is 2.24 bits per heavy atom. The molecule has 0 aromatic heterocycles. The summed E-state index contributed by atoms with van der Waals surface area (Å²) in [6.07, 6.45) is 1.49. The number of benzene rings is 2. The average molecular weight is 494 g/mol. The van der Waals surface area contributed by atoms with E-state index in [4.69, 9.17) is 21.7 Å². The van der Waals surface area contributed by atoms with Crippen molar-refractivity contribution in [1.82, 2.24) is 9.62 Å². The number of rotatable bonds is 12. The van der Waals surface area contributed by atoms with Crippen LogP contribution in [0, 0.1) is 0 Å². The number of anilines is 1. The van der Waals surface area contributed by atoms with Crippen molar-refractivity contribution in [3.8, 4) is 5.75 Å². The van der Waals surface area contributed by atoms with E-state index in [9.17, 15) is 13.2 Å². The third kappa shape index (κ3) is 7.78. The Bertz CT molecular complexity index is 1020. The van der Waals surface area contributed by atoms with Crippen LogP contribution in [0.5, 0.6) is 5.75 Å². The van der Waals surface area contributed by atoms with E-state index in [1.807, 2.05) is 13.8 Å². The predicted octanol–water partition coefficient (Wildman–Crippen LogP) is 3.65. The monoisotopic (exact) mass is 493 g/mol. The fourth-order valence-electron chi connectivity index (χ4n) is 3.06. The molecule has 8 nitrogen and oxygen atoms in total. The summed E-state index contributed by atoms with van der Waals surface area (Å²) in [5.74, 6) is 0.00242. The number of sulfonamides is 1. The van der Waals surface area contributed by atoms with Crippen LogP contribution in [0.25, 0.3) is 0 Å². The molecule has 2 N–H and O–H groups in total. The molecule has 0 saturated heterocycles. The van der Waals surface area contributed by atoms with Gasteiger partial charge in [0.05, 0.1) is 17.1 Å². The lowest BCUT2D eigenvalue weighted by atomic mass is 10.2. The van der Waals surface area contributed by atoms with E-state index in [-0.39, 0.29) is 10.0 Å². The molecule has 0 aliphatic heterocycles. The molecule has 0 saturated carbocycles. The number of nitrogens with zero attached hydrogens (tertiary/aromatic N) is 1. The number of carbonyl (C=O) groups excluding carboxylic acids is 1. The first kappa shape index (κ1) is 26.7. The van der Waals surface area contributed by atoms with Crippen molar-refractivity contribution in [3.05, 3.63) is 54.1 Å². The van der Waals surface area contributed by atoms with E-state index in [2.05, 4.69) is 10.6 Å². The number of thiocarbonyl (C=S) groups is 1. The Hall–Kier alpha value is -2.53. The normalized spacial score (nSPS) is 11.3. The first-order valence-corrected chi connectivity index (χ1v) is 12.6. The highest BCUT2D eigenvalue weighted by Gasteiger charge is 2.23. The number of hydrogen-bond acceptors (Lipinski definition) is 6. The molecule has 0 heterocycles. The van der Waals surface area contributed by atoms with Crippen molar-refractivity contribution < 1.29 is 22.7 Å². The van der Waals surface area contributed by atoms with Crippen LogP contribution in [0.2, 0.25) is 0 Å². The summed E-state index contributed by atoms with van der Waals surface area (Å²) >= 11 is 5.25. The molecular formula is C23H31N3O5S2. The summed E-state index contributed by atoms with van der Waals surface area (Å²) in [5.41, 5.74) is 0.896. The molecule has 0 bridgehead atoms. The van der Waals surface area contributed by atoms with Crippen molar-refractivity contribution in [2.75, 3.05) is 38.7 Å². The van der Waals surface area contributed by atoms with Crippen molar-refractivity contribution in [2.24, 2.45) is 0 Å². The fraction of sp³-hybridized carbons (Fsp3) is 0.391. The molecule has 0 atom stereocenters. The second-order valence-corrected chi connectivity index (χ2v) is 9.52.